The van der Waals surface area contributed by atoms with Crippen LogP contribution in [0.25, 0.3) is 16.8 Å². The molecule has 5 rings (SSSR count). The highest BCUT2D eigenvalue weighted by Crippen LogP contribution is 2.34. The van der Waals surface area contributed by atoms with Gasteiger partial charge in [0.25, 0.3) is 0 Å². The van der Waals surface area contributed by atoms with Crippen molar-refractivity contribution < 1.29 is 9.59 Å². The highest BCUT2D eigenvalue weighted by molar-refractivity contribution is 6.32. The molecule has 0 amide bonds. The second kappa shape index (κ2) is 5.14. The topological polar surface area (TPSA) is 34.1 Å². The molecule has 0 aromatic heterocycles. The van der Waals surface area contributed by atoms with Gasteiger partial charge in [-0.2, -0.15) is 0 Å². The van der Waals surface area contributed by atoms with Gasteiger partial charge in [0.15, 0.2) is 11.6 Å². The fourth-order valence-electron chi connectivity index (χ4n) is 3.79. The van der Waals surface area contributed by atoms with Crippen molar-refractivity contribution >= 4 is 40.0 Å². The number of aryl methyl sites for hydroxylation is 1. The number of benzene rings is 3. The first kappa shape index (κ1) is 14.6. The minimum absolute atomic E-state index is 0.0706. The minimum Gasteiger partial charge on any atom is -0.289 e. The number of carbonyl (C=O) groups excluding carboxylic acids is 2. The zero-order chi connectivity index (χ0) is 17.1. The molecule has 0 spiro atoms. The molecule has 0 aliphatic heterocycles. The average Bonchev–Trinajstić information content (AvgIpc) is 2.63. The molecule has 0 atom stereocenters. The SMILES string of the molecule is O=C1c2cc3c(cc2C(=O)c2cc4cc(Cl)ccc4cc21)C=CCC3. The Bertz CT molecular complexity index is 1140. The molecule has 0 N–H and O–H groups in total. The van der Waals surface area contributed by atoms with Crippen LogP contribution in [0.2, 0.25) is 5.02 Å². The number of hydrogen-bond acceptors (Lipinski definition) is 2. The fourth-order valence-corrected chi connectivity index (χ4v) is 3.97. The predicted molar refractivity (Wildman–Crippen MR) is 99.6 cm³/mol. The Morgan fingerprint density at radius 3 is 2.24 bits per heavy atom. The third-order valence-electron chi connectivity index (χ3n) is 5.07. The number of halogens is 1. The zero-order valence-corrected chi connectivity index (χ0v) is 14.1. The van der Waals surface area contributed by atoms with E-state index < -0.39 is 0 Å². The third-order valence-corrected chi connectivity index (χ3v) is 5.31. The van der Waals surface area contributed by atoms with Crippen LogP contribution in [-0.4, -0.2) is 11.6 Å². The summed E-state index contributed by atoms with van der Waals surface area (Å²) in [4.78, 5) is 26.1. The van der Waals surface area contributed by atoms with Gasteiger partial charge in [-0.05, 0) is 71.1 Å². The number of fused-ring (bicyclic) bond motifs is 4. The van der Waals surface area contributed by atoms with E-state index in [0.717, 1.165) is 34.7 Å². The summed E-state index contributed by atoms with van der Waals surface area (Å²) in [5, 5.41) is 2.39. The van der Waals surface area contributed by atoms with E-state index in [-0.39, 0.29) is 11.6 Å². The third kappa shape index (κ3) is 2.11. The molecule has 3 aromatic carbocycles. The molecule has 0 saturated heterocycles. The minimum atomic E-state index is -0.0896. The summed E-state index contributed by atoms with van der Waals surface area (Å²) in [6, 6.07) is 12.9. The van der Waals surface area contributed by atoms with Gasteiger partial charge in [-0.15, -0.1) is 0 Å². The summed E-state index contributed by atoms with van der Waals surface area (Å²) in [5.74, 6) is -0.160. The Labute approximate surface area is 149 Å². The lowest BCUT2D eigenvalue weighted by molar-refractivity contribution is 0.0979. The van der Waals surface area contributed by atoms with Crippen LogP contribution in [0.5, 0.6) is 0 Å². The monoisotopic (exact) mass is 344 g/mol. The Morgan fingerprint density at radius 1 is 0.760 bits per heavy atom. The number of carbonyl (C=O) groups is 2. The molecular formula is C22H13ClO2. The van der Waals surface area contributed by atoms with Crippen molar-refractivity contribution in [2.45, 2.75) is 12.8 Å². The Balaban J connectivity index is 1.78. The van der Waals surface area contributed by atoms with Crippen molar-refractivity contribution in [2.75, 3.05) is 0 Å². The van der Waals surface area contributed by atoms with Gasteiger partial charge >= 0.3 is 0 Å². The van der Waals surface area contributed by atoms with Crippen LogP contribution >= 0.6 is 11.6 Å². The quantitative estimate of drug-likeness (QED) is 0.438. The van der Waals surface area contributed by atoms with Crippen molar-refractivity contribution in [2.24, 2.45) is 0 Å². The fraction of sp³-hybridized carbons (Fsp3) is 0.0909. The molecule has 0 saturated carbocycles. The summed E-state index contributed by atoms with van der Waals surface area (Å²) in [6.07, 6.45) is 6.01. The Morgan fingerprint density at radius 2 is 1.44 bits per heavy atom. The lowest BCUT2D eigenvalue weighted by Gasteiger charge is -2.21. The zero-order valence-electron chi connectivity index (χ0n) is 13.3. The molecular weight excluding hydrogens is 332 g/mol. The van der Waals surface area contributed by atoms with Crippen LogP contribution < -0.4 is 0 Å². The summed E-state index contributed by atoms with van der Waals surface area (Å²) in [5.41, 5.74) is 4.16. The maximum absolute atomic E-state index is 13.1. The van der Waals surface area contributed by atoms with Gasteiger partial charge in [0.1, 0.15) is 0 Å². The highest BCUT2D eigenvalue weighted by Gasteiger charge is 2.31. The summed E-state index contributed by atoms with van der Waals surface area (Å²) in [7, 11) is 0. The van der Waals surface area contributed by atoms with Crippen molar-refractivity contribution in [3.8, 4) is 0 Å². The van der Waals surface area contributed by atoms with Crippen LogP contribution in [-0.2, 0) is 6.42 Å². The van der Waals surface area contributed by atoms with Gasteiger partial charge in [-0.1, -0.05) is 29.8 Å². The number of hydrogen-bond donors (Lipinski definition) is 0. The maximum Gasteiger partial charge on any atom is 0.194 e. The van der Waals surface area contributed by atoms with Gasteiger partial charge in [0, 0.05) is 27.3 Å². The van der Waals surface area contributed by atoms with Crippen LogP contribution in [0, 0.1) is 0 Å². The molecule has 0 heterocycles. The second-order valence-electron chi connectivity index (χ2n) is 6.59. The number of ketones is 2. The molecule has 120 valence electrons. The molecule has 0 bridgehead atoms. The standard InChI is InChI=1S/C22H13ClO2/c23-16-6-5-14-10-19-20(11-15(14)7-16)22(25)18-9-13-4-2-1-3-12(13)8-17(18)21(19)24/h2,4-11H,1,3H2. The molecule has 0 radical (unpaired) electrons. The van der Waals surface area contributed by atoms with Crippen LogP contribution in [0.15, 0.2) is 48.5 Å². The summed E-state index contributed by atoms with van der Waals surface area (Å²) in [6.45, 7) is 0. The summed E-state index contributed by atoms with van der Waals surface area (Å²) < 4.78 is 0. The largest absolute Gasteiger partial charge is 0.289 e. The lowest BCUT2D eigenvalue weighted by Crippen LogP contribution is -2.22. The molecule has 3 aromatic rings. The normalized spacial score (nSPS) is 15.1. The number of allylic oxidation sites excluding steroid dienone is 1. The second-order valence-corrected chi connectivity index (χ2v) is 7.02. The first-order valence-electron chi connectivity index (χ1n) is 8.28. The van der Waals surface area contributed by atoms with E-state index in [0.29, 0.717) is 27.3 Å². The van der Waals surface area contributed by atoms with Crippen molar-refractivity contribution in [3.05, 3.63) is 86.9 Å². The lowest BCUT2D eigenvalue weighted by atomic mass is 9.80. The first-order valence-corrected chi connectivity index (χ1v) is 8.66. The smallest absolute Gasteiger partial charge is 0.194 e. The molecule has 3 heteroatoms. The summed E-state index contributed by atoms with van der Waals surface area (Å²) >= 11 is 6.07. The van der Waals surface area contributed by atoms with Gasteiger partial charge in [0.05, 0.1) is 0 Å². The van der Waals surface area contributed by atoms with Gasteiger partial charge < -0.3 is 0 Å². The first-order chi connectivity index (χ1) is 12.1. The van der Waals surface area contributed by atoms with E-state index >= 15 is 0 Å². The van der Waals surface area contributed by atoms with Crippen molar-refractivity contribution in [3.63, 3.8) is 0 Å². The average molecular weight is 345 g/mol. The predicted octanol–water partition coefficient (Wildman–Crippen LogP) is 5.23. The molecule has 2 nitrogen and oxygen atoms in total. The molecule has 25 heavy (non-hydrogen) atoms. The van der Waals surface area contributed by atoms with Crippen LogP contribution in [0.3, 0.4) is 0 Å². The maximum atomic E-state index is 13.1. The van der Waals surface area contributed by atoms with Crippen LogP contribution in [0.1, 0.15) is 49.4 Å². The number of rotatable bonds is 0. The molecule has 2 aliphatic rings. The molecule has 2 aliphatic carbocycles. The van der Waals surface area contributed by atoms with E-state index in [4.69, 9.17) is 11.6 Å². The Hall–Kier alpha value is -2.71. The van der Waals surface area contributed by atoms with E-state index in [1.165, 1.54) is 0 Å². The van der Waals surface area contributed by atoms with Gasteiger partial charge in [-0.25, -0.2) is 0 Å². The van der Waals surface area contributed by atoms with Gasteiger partial charge in [0.2, 0.25) is 0 Å². The van der Waals surface area contributed by atoms with E-state index in [2.05, 4.69) is 6.08 Å². The molecule has 0 fully saturated rings. The Kier molecular flexibility index (Phi) is 3.01. The van der Waals surface area contributed by atoms with Crippen molar-refractivity contribution in [1.29, 1.82) is 0 Å². The van der Waals surface area contributed by atoms with E-state index in [9.17, 15) is 9.59 Å². The molecule has 0 unspecified atom stereocenters. The van der Waals surface area contributed by atoms with E-state index in [1.807, 2.05) is 36.4 Å². The van der Waals surface area contributed by atoms with Crippen LogP contribution in [0.4, 0.5) is 0 Å². The van der Waals surface area contributed by atoms with Crippen molar-refractivity contribution in [1.82, 2.24) is 0 Å². The van der Waals surface area contributed by atoms with E-state index in [1.54, 1.807) is 12.1 Å². The highest BCUT2D eigenvalue weighted by atomic mass is 35.5. The van der Waals surface area contributed by atoms with Gasteiger partial charge in [-0.3, -0.25) is 9.59 Å².